The number of hydrogen-bond acceptors (Lipinski definition) is 3. The van der Waals surface area contributed by atoms with Crippen LogP contribution >= 0.6 is 0 Å². The van der Waals surface area contributed by atoms with E-state index in [0.29, 0.717) is 38.7 Å². The van der Waals surface area contributed by atoms with E-state index in [9.17, 15) is 9.59 Å². The molecule has 144 valence electrons. The Morgan fingerprint density at radius 1 is 1.15 bits per heavy atom. The van der Waals surface area contributed by atoms with Gasteiger partial charge in [0, 0.05) is 26.2 Å². The van der Waals surface area contributed by atoms with Crippen molar-refractivity contribution in [2.75, 3.05) is 26.2 Å². The molecule has 1 atom stereocenters. The van der Waals surface area contributed by atoms with Crippen molar-refractivity contribution >= 4 is 12.0 Å². The van der Waals surface area contributed by atoms with Crippen LogP contribution in [0, 0.1) is 5.92 Å². The summed E-state index contributed by atoms with van der Waals surface area (Å²) in [5.74, 6) is 0.253. The molecule has 1 heterocycles. The van der Waals surface area contributed by atoms with E-state index in [1.807, 2.05) is 35.2 Å². The highest BCUT2D eigenvalue weighted by atomic mass is 16.5. The molecule has 5 nitrogen and oxygen atoms in total. The van der Waals surface area contributed by atoms with Gasteiger partial charge < -0.3 is 14.5 Å². The lowest BCUT2D eigenvalue weighted by atomic mass is 10.0. The number of carbonyl (C=O) groups is 2. The summed E-state index contributed by atoms with van der Waals surface area (Å²) >= 11 is 0. The number of urea groups is 1. The summed E-state index contributed by atoms with van der Waals surface area (Å²) in [6.07, 6.45) is 4.76. The number of benzene rings is 1. The summed E-state index contributed by atoms with van der Waals surface area (Å²) in [6.45, 7) is 7.25. The largest absolute Gasteiger partial charge is 0.465 e. The van der Waals surface area contributed by atoms with Gasteiger partial charge in [0.25, 0.3) is 0 Å². The number of esters is 1. The minimum atomic E-state index is -0.200. The Morgan fingerprint density at radius 3 is 2.58 bits per heavy atom. The van der Waals surface area contributed by atoms with Crippen molar-refractivity contribution in [3.05, 3.63) is 35.9 Å². The first-order chi connectivity index (χ1) is 12.6. The zero-order valence-electron chi connectivity index (χ0n) is 16.2. The van der Waals surface area contributed by atoms with Crippen LogP contribution in [0.15, 0.2) is 30.3 Å². The first-order valence-corrected chi connectivity index (χ1v) is 9.87. The second kappa shape index (κ2) is 10.8. The zero-order chi connectivity index (χ0) is 18.8. The van der Waals surface area contributed by atoms with Gasteiger partial charge in [0.1, 0.15) is 0 Å². The molecule has 0 aliphatic carbocycles. The molecule has 2 amide bonds. The molecule has 1 fully saturated rings. The first kappa shape index (κ1) is 20.3. The fraction of sp³-hybridized carbons (Fsp3) is 0.619. The number of nitrogens with zero attached hydrogens (tertiary/aromatic N) is 2. The summed E-state index contributed by atoms with van der Waals surface area (Å²) in [4.78, 5) is 28.0. The van der Waals surface area contributed by atoms with Crippen LogP contribution in [-0.2, 0) is 16.1 Å². The normalized spacial score (nSPS) is 15.4. The molecule has 0 N–H and O–H groups in total. The number of hydrogen-bond donors (Lipinski definition) is 0. The molecule has 0 radical (unpaired) electrons. The minimum Gasteiger partial charge on any atom is -0.465 e. The Labute approximate surface area is 157 Å². The van der Waals surface area contributed by atoms with Gasteiger partial charge in [-0.25, -0.2) is 4.79 Å². The molecule has 1 unspecified atom stereocenters. The van der Waals surface area contributed by atoms with E-state index in [2.05, 4.69) is 13.8 Å². The molecule has 1 aromatic carbocycles. The summed E-state index contributed by atoms with van der Waals surface area (Å²) in [5, 5.41) is 0. The number of amides is 2. The molecular formula is C21H32N2O3. The number of unbranched alkanes of at least 4 members (excludes halogenated alkanes) is 1. The molecule has 5 heteroatoms. The third-order valence-corrected chi connectivity index (χ3v) is 5.01. The molecule has 26 heavy (non-hydrogen) atoms. The second-order valence-electron chi connectivity index (χ2n) is 7.03. The van der Waals surface area contributed by atoms with E-state index in [0.717, 1.165) is 18.4 Å². The van der Waals surface area contributed by atoms with Gasteiger partial charge >= 0.3 is 12.0 Å². The van der Waals surface area contributed by atoms with Gasteiger partial charge in [-0.15, -0.1) is 0 Å². The Hall–Kier alpha value is -2.04. The molecule has 0 spiro atoms. The van der Waals surface area contributed by atoms with Crippen molar-refractivity contribution in [1.29, 1.82) is 0 Å². The third kappa shape index (κ3) is 6.36. The van der Waals surface area contributed by atoms with Gasteiger partial charge in [0.05, 0.1) is 13.0 Å². The van der Waals surface area contributed by atoms with Crippen LogP contribution in [0.25, 0.3) is 0 Å². The smallest absolute Gasteiger partial charge is 0.320 e. The van der Waals surface area contributed by atoms with Crippen LogP contribution in [-0.4, -0.2) is 48.0 Å². The van der Waals surface area contributed by atoms with E-state index in [1.165, 1.54) is 12.8 Å². The minimum absolute atomic E-state index is 0.0102. The summed E-state index contributed by atoms with van der Waals surface area (Å²) < 4.78 is 5.42. The highest BCUT2D eigenvalue weighted by molar-refractivity contribution is 5.77. The lowest BCUT2D eigenvalue weighted by Crippen LogP contribution is -2.33. The van der Waals surface area contributed by atoms with E-state index >= 15 is 0 Å². The van der Waals surface area contributed by atoms with Gasteiger partial charge in [-0.1, -0.05) is 63.4 Å². The van der Waals surface area contributed by atoms with Gasteiger partial charge in [-0.05, 0) is 17.9 Å². The molecular weight excluding hydrogens is 328 g/mol. The van der Waals surface area contributed by atoms with Gasteiger partial charge in [-0.3, -0.25) is 4.79 Å². The maximum Gasteiger partial charge on any atom is 0.320 e. The Kier molecular flexibility index (Phi) is 8.45. The van der Waals surface area contributed by atoms with Crippen LogP contribution in [0.1, 0.15) is 51.5 Å². The number of carbonyl (C=O) groups excluding carboxylic acids is 2. The average molecular weight is 360 g/mol. The lowest BCUT2D eigenvalue weighted by molar-refractivity contribution is -0.145. The monoisotopic (exact) mass is 360 g/mol. The van der Waals surface area contributed by atoms with Crippen molar-refractivity contribution in [3.63, 3.8) is 0 Å². The van der Waals surface area contributed by atoms with Crippen LogP contribution < -0.4 is 0 Å². The van der Waals surface area contributed by atoms with Crippen molar-refractivity contribution < 1.29 is 14.3 Å². The molecule has 1 aliphatic heterocycles. The maximum absolute atomic E-state index is 12.5. The molecule has 1 aromatic rings. The number of ether oxygens (including phenoxy) is 1. The standard InChI is InChI=1S/C21H32N2O3/c1-3-5-9-18(4-2)17-26-20(24)12-13-22-14-15-23(21(22)25)16-19-10-7-6-8-11-19/h6-8,10-11,18H,3-5,9,12-17H2,1-2H3. The van der Waals surface area contributed by atoms with Crippen molar-refractivity contribution in [2.45, 2.75) is 52.5 Å². The Balaban J connectivity index is 1.69. The molecule has 2 rings (SSSR count). The second-order valence-corrected chi connectivity index (χ2v) is 7.03. The Morgan fingerprint density at radius 2 is 1.88 bits per heavy atom. The fourth-order valence-corrected chi connectivity index (χ4v) is 3.20. The SMILES string of the molecule is CCCCC(CC)COC(=O)CCN1CCN(Cc2ccccc2)C1=O. The van der Waals surface area contributed by atoms with E-state index in [1.54, 1.807) is 4.90 Å². The molecule has 0 saturated carbocycles. The predicted molar refractivity (Wildman–Crippen MR) is 103 cm³/mol. The summed E-state index contributed by atoms with van der Waals surface area (Å²) in [6, 6.07) is 9.99. The lowest BCUT2D eigenvalue weighted by Gasteiger charge is -2.19. The maximum atomic E-state index is 12.5. The first-order valence-electron chi connectivity index (χ1n) is 9.87. The molecule has 0 aromatic heterocycles. The van der Waals surface area contributed by atoms with Crippen LogP contribution in [0.4, 0.5) is 4.79 Å². The molecule has 1 aliphatic rings. The van der Waals surface area contributed by atoms with Crippen molar-refractivity contribution in [1.82, 2.24) is 9.80 Å². The van der Waals surface area contributed by atoms with E-state index < -0.39 is 0 Å². The zero-order valence-corrected chi connectivity index (χ0v) is 16.2. The third-order valence-electron chi connectivity index (χ3n) is 5.01. The van der Waals surface area contributed by atoms with Gasteiger partial charge in [0.2, 0.25) is 0 Å². The molecule has 0 bridgehead atoms. The van der Waals surface area contributed by atoms with Crippen LogP contribution in [0.2, 0.25) is 0 Å². The summed E-state index contributed by atoms with van der Waals surface area (Å²) in [7, 11) is 0. The van der Waals surface area contributed by atoms with Crippen molar-refractivity contribution in [3.8, 4) is 0 Å². The highest BCUT2D eigenvalue weighted by Crippen LogP contribution is 2.15. The Bertz CT molecular complexity index is 562. The van der Waals surface area contributed by atoms with E-state index in [4.69, 9.17) is 4.74 Å². The molecule has 1 saturated heterocycles. The van der Waals surface area contributed by atoms with Gasteiger partial charge in [0.15, 0.2) is 0 Å². The topological polar surface area (TPSA) is 49.9 Å². The quantitative estimate of drug-likeness (QED) is 0.559. The average Bonchev–Trinajstić information content (AvgIpc) is 3.01. The number of rotatable bonds is 11. The highest BCUT2D eigenvalue weighted by Gasteiger charge is 2.28. The van der Waals surface area contributed by atoms with Crippen LogP contribution in [0.5, 0.6) is 0 Å². The van der Waals surface area contributed by atoms with Crippen LogP contribution in [0.3, 0.4) is 0 Å². The van der Waals surface area contributed by atoms with Crippen molar-refractivity contribution in [2.24, 2.45) is 5.92 Å². The fourth-order valence-electron chi connectivity index (χ4n) is 3.20. The van der Waals surface area contributed by atoms with Gasteiger partial charge in [-0.2, -0.15) is 0 Å². The van der Waals surface area contributed by atoms with E-state index in [-0.39, 0.29) is 18.4 Å². The summed E-state index contributed by atoms with van der Waals surface area (Å²) in [5.41, 5.74) is 1.12. The predicted octanol–water partition coefficient (Wildman–Crippen LogP) is 4.07.